The average Bonchev–Trinajstić information content (AvgIpc) is 2.99. The molecule has 0 saturated carbocycles. The molecule has 0 aromatic carbocycles. The molecule has 2 rings (SSSR count). The molecule has 9 heteroatoms. The topological polar surface area (TPSA) is 88.2 Å². The van der Waals surface area contributed by atoms with Crippen LogP contribution in [-0.4, -0.2) is 27.6 Å². The van der Waals surface area contributed by atoms with E-state index in [2.05, 4.69) is 30.8 Å². The van der Waals surface area contributed by atoms with Gasteiger partial charge in [-0.05, 0) is 27.7 Å². The molecule has 0 bridgehead atoms. The summed E-state index contributed by atoms with van der Waals surface area (Å²) in [5.41, 5.74) is 1.06. The molecular weight excluding hydrogens is 415 g/mol. The first-order chi connectivity index (χ1) is 10.1. The molecule has 2 heterocycles. The molecule has 0 atom stereocenters. The number of hydrogen-bond acceptors (Lipinski definition) is 6. The second-order valence-electron chi connectivity index (χ2n) is 4.53. The summed E-state index contributed by atoms with van der Waals surface area (Å²) in [7, 11) is 0. The second-order valence-corrected chi connectivity index (χ2v) is 5.81. The van der Waals surface area contributed by atoms with Crippen molar-refractivity contribution in [3.63, 3.8) is 0 Å². The van der Waals surface area contributed by atoms with Crippen LogP contribution in [0.15, 0.2) is 9.52 Å². The number of nitrogens with zero attached hydrogens (tertiary/aromatic N) is 4. The van der Waals surface area contributed by atoms with E-state index in [-0.39, 0.29) is 24.0 Å². The van der Waals surface area contributed by atoms with Gasteiger partial charge in [0.05, 0.1) is 17.2 Å². The van der Waals surface area contributed by atoms with Crippen LogP contribution in [0.1, 0.15) is 34.2 Å². The zero-order chi connectivity index (χ0) is 15.2. The third-order valence-electron chi connectivity index (χ3n) is 2.70. The highest BCUT2D eigenvalue weighted by Crippen LogP contribution is 2.16. The van der Waals surface area contributed by atoms with Gasteiger partial charge in [0, 0.05) is 11.4 Å². The molecule has 0 spiro atoms. The third-order valence-corrected chi connectivity index (χ3v) is 3.78. The van der Waals surface area contributed by atoms with E-state index in [0.717, 1.165) is 23.2 Å². The second kappa shape index (κ2) is 9.03. The quantitative estimate of drug-likeness (QED) is 0.425. The lowest BCUT2D eigenvalue weighted by Crippen LogP contribution is -2.36. The van der Waals surface area contributed by atoms with Gasteiger partial charge in [0.2, 0.25) is 5.89 Å². The molecule has 0 aliphatic heterocycles. The van der Waals surface area contributed by atoms with E-state index in [9.17, 15) is 0 Å². The maximum absolute atomic E-state index is 5.05. The number of halogens is 1. The van der Waals surface area contributed by atoms with Crippen LogP contribution in [0, 0.1) is 20.8 Å². The fourth-order valence-corrected chi connectivity index (χ4v) is 2.67. The van der Waals surface area contributed by atoms with E-state index >= 15 is 0 Å². The molecule has 0 unspecified atom stereocenters. The smallest absolute Gasteiger partial charge is 0.248 e. The van der Waals surface area contributed by atoms with Crippen molar-refractivity contribution in [2.24, 2.45) is 4.99 Å². The van der Waals surface area contributed by atoms with Crippen LogP contribution in [0.2, 0.25) is 0 Å². The summed E-state index contributed by atoms with van der Waals surface area (Å²) in [4.78, 5) is 14.2. The minimum atomic E-state index is 0. The van der Waals surface area contributed by atoms with E-state index in [1.807, 2.05) is 20.8 Å². The van der Waals surface area contributed by atoms with E-state index in [1.54, 1.807) is 18.3 Å². The van der Waals surface area contributed by atoms with Gasteiger partial charge in [-0.15, -0.1) is 35.3 Å². The minimum Gasteiger partial charge on any atom is -0.357 e. The number of nitrogens with one attached hydrogen (secondary N) is 2. The Bertz CT molecular complexity index is 624. The van der Waals surface area contributed by atoms with Gasteiger partial charge < -0.3 is 15.2 Å². The lowest BCUT2D eigenvalue weighted by Gasteiger charge is -2.10. The van der Waals surface area contributed by atoms with E-state index in [1.165, 1.54) is 4.88 Å². The number of aryl methyl sites for hydroxylation is 3. The fourth-order valence-electron chi connectivity index (χ4n) is 1.79. The van der Waals surface area contributed by atoms with Gasteiger partial charge in [0.15, 0.2) is 11.8 Å². The maximum atomic E-state index is 5.05. The van der Waals surface area contributed by atoms with Gasteiger partial charge >= 0.3 is 0 Å². The van der Waals surface area contributed by atoms with E-state index < -0.39 is 0 Å². The molecule has 7 nitrogen and oxygen atoms in total. The van der Waals surface area contributed by atoms with Crippen molar-refractivity contribution in [3.8, 4) is 0 Å². The molecule has 2 aromatic rings. The van der Waals surface area contributed by atoms with Gasteiger partial charge in [0.25, 0.3) is 0 Å². The SMILES string of the molecule is CCNC(=NCc1nc(C)no1)NCc1sc(C)nc1C.I. The highest BCUT2D eigenvalue weighted by molar-refractivity contribution is 14.0. The summed E-state index contributed by atoms with van der Waals surface area (Å²) < 4.78 is 5.05. The van der Waals surface area contributed by atoms with Gasteiger partial charge in [-0.3, -0.25) is 0 Å². The molecule has 2 aromatic heterocycles. The van der Waals surface area contributed by atoms with Crippen LogP contribution in [-0.2, 0) is 13.1 Å². The number of hydrogen-bond donors (Lipinski definition) is 2. The van der Waals surface area contributed by atoms with Crippen molar-refractivity contribution < 1.29 is 4.52 Å². The zero-order valence-corrected chi connectivity index (χ0v) is 16.3. The van der Waals surface area contributed by atoms with Gasteiger partial charge in [0.1, 0.15) is 6.54 Å². The molecule has 0 aliphatic carbocycles. The molecular formula is C13H21IN6OS. The molecule has 0 radical (unpaired) electrons. The van der Waals surface area contributed by atoms with E-state index in [0.29, 0.717) is 24.8 Å². The predicted octanol–water partition coefficient (Wildman–Crippen LogP) is 2.32. The van der Waals surface area contributed by atoms with Crippen molar-refractivity contribution in [2.75, 3.05) is 6.54 Å². The summed E-state index contributed by atoms with van der Waals surface area (Å²) in [5.74, 6) is 1.85. The predicted molar refractivity (Wildman–Crippen MR) is 97.7 cm³/mol. The maximum Gasteiger partial charge on any atom is 0.248 e. The van der Waals surface area contributed by atoms with Crippen molar-refractivity contribution >= 4 is 41.3 Å². The number of rotatable bonds is 5. The van der Waals surface area contributed by atoms with Crippen LogP contribution < -0.4 is 10.6 Å². The Hall–Kier alpha value is -1.23. The molecule has 22 heavy (non-hydrogen) atoms. The highest BCUT2D eigenvalue weighted by Gasteiger charge is 2.06. The monoisotopic (exact) mass is 436 g/mol. The number of aromatic nitrogens is 3. The Morgan fingerprint density at radius 1 is 1.23 bits per heavy atom. The summed E-state index contributed by atoms with van der Waals surface area (Å²) in [5, 5.41) is 11.3. The summed E-state index contributed by atoms with van der Waals surface area (Å²) >= 11 is 1.69. The molecule has 2 N–H and O–H groups in total. The molecule has 0 amide bonds. The minimum absolute atomic E-state index is 0. The number of aliphatic imine (C=N–C) groups is 1. The normalized spacial score (nSPS) is 11.2. The fraction of sp³-hybridized carbons (Fsp3) is 0.538. The largest absolute Gasteiger partial charge is 0.357 e. The summed E-state index contributed by atoms with van der Waals surface area (Å²) in [6, 6.07) is 0. The zero-order valence-electron chi connectivity index (χ0n) is 13.1. The third kappa shape index (κ3) is 5.52. The first-order valence-corrected chi connectivity index (χ1v) is 7.64. The number of thiazole rings is 1. The summed E-state index contributed by atoms with van der Waals surface area (Å²) in [6.07, 6.45) is 0. The highest BCUT2D eigenvalue weighted by atomic mass is 127. The van der Waals surface area contributed by atoms with Gasteiger partial charge in [-0.1, -0.05) is 5.16 Å². The Morgan fingerprint density at radius 3 is 2.55 bits per heavy atom. The lowest BCUT2D eigenvalue weighted by molar-refractivity contribution is 0.376. The Balaban J connectivity index is 0.00000242. The average molecular weight is 436 g/mol. The van der Waals surface area contributed by atoms with Crippen LogP contribution in [0.25, 0.3) is 0 Å². The number of guanidine groups is 1. The Morgan fingerprint density at radius 2 is 2.00 bits per heavy atom. The van der Waals surface area contributed by atoms with Crippen molar-refractivity contribution in [1.82, 2.24) is 25.8 Å². The Labute approximate surface area is 151 Å². The van der Waals surface area contributed by atoms with Crippen LogP contribution >= 0.6 is 35.3 Å². The van der Waals surface area contributed by atoms with Crippen LogP contribution in [0.3, 0.4) is 0 Å². The molecule has 122 valence electrons. The Kier molecular flexibility index (Phi) is 7.73. The van der Waals surface area contributed by atoms with Gasteiger partial charge in [-0.2, -0.15) is 4.98 Å². The van der Waals surface area contributed by atoms with Crippen molar-refractivity contribution in [2.45, 2.75) is 40.8 Å². The van der Waals surface area contributed by atoms with Crippen molar-refractivity contribution in [1.29, 1.82) is 0 Å². The summed E-state index contributed by atoms with van der Waals surface area (Å²) in [6.45, 7) is 9.69. The van der Waals surface area contributed by atoms with Crippen LogP contribution in [0.4, 0.5) is 0 Å². The molecule has 0 aliphatic rings. The van der Waals surface area contributed by atoms with Gasteiger partial charge in [-0.25, -0.2) is 9.98 Å². The van der Waals surface area contributed by atoms with Crippen molar-refractivity contribution in [3.05, 3.63) is 27.3 Å². The first kappa shape index (κ1) is 18.8. The standard InChI is InChI=1S/C13H20N6OS.HI/c1-5-14-13(16-7-12-18-9(3)19-20-12)15-6-11-8(2)17-10(4)21-11;/h5-7H2,1-4H3,(H2,14,15,16);1H. The van der Waals surface area contributed by atoms with Crippen LogP contribution in [0.5, 0.6) is 0 Å². The van der Waals surface area contributed by atoms with E-state index in [4.69, 9.17) is 4.52 Å². The molecule has 0 saturated heterocycles. The lowest BCUT2D eigenvalue weighted by atomic mass is 10.4. The molecule has 0 fully saturated rings. The first-order valence-electron chi connectivity index (χ1n) is 6.82.